The predicted molar refractivity (Wildman–Crippen MR) is 158 cm³/mol. The minimum absolute atomic E-state index is 0.0435. The van der Waals surface area contributed by atoms with Crippen molar-refractivity contribution in [1.82, 2.24) is 15.2 Å². The molecule has 2 aliphatic rings. The fraction of sp³-hybridized carbons (Fsp3) is 0.276. The molecule has 0 spiro atoms. The Morgan fingerprint density at radius 1 is 1.21 bits per heavy atom. The average molecular weight is 558 g/mol. The van der Waals surface area contributed by atoms with E-state index in [-0.39, 0.29) is 24.0 Å². The molecule has 198 valence electrons. The van der Waals surface area contributed by atoms with E-state index in [2.05, 4.69) is 22.1 Å². The second kappa shape index (κ2) is 11.5. The lowest BCUT2D eigenvalue weighted by Gasteiger charge is -2.29. The SMILES string of the molecule is CC(=N)N1C(=N)[C@H](CC(=O)N2CCNCC2)N=C(c2ccc(Cl)cc2)c2c1sc(C#Cc1cccnc1)c2C. The van der Waals surface area contributed by atoms with Gasteiger partial charge in [0.1, 0.15) is 22.7 Å². The molecular formula is C29H28ClN7OS. The lowest BCUT2D eigenvalue weighted by molar-refractivity contribution is -0.131. The highest BCUT2D eigenvalue weighted by Gasteiger charge is 2.36. The third kappa shape index (κ3) is 5.64. The van der Waals surface area contributed by atoms with E-state index in [1.165, 1.54) is 11.3 Å². The molecule has 0 bridgehead atoms. The summed E-state index contributed by atoms with van der Waals surface area (Å²) in [7, 11) is 0. The quantitative estimate of drug-likeness (QED) is 0.253. The first kappa shape index (κ1) is 26.8. The van der Waals surface area contributed by atoms with Gasteiger partial charge in [-0.1, -0.05) is 35.6 Å². The summed E-state index contributed by atoms with van der Waals surface area (Å²) >= 11 is 7.63. The Hall–Kier alpha value is -3.84. The van der Waals surface area contributed by atoms with Gasteiger partial charge >= 0.3 is 0 Å². The molecule has 0 radical (unpaired) electrons. The number of hydrogen-bond acceptors (Lipinski definition) is 7. The van der Waals surface area contributed by atoms with Crippen molar-refractivity contribution in [1.29, 1.82) is 10.8 Å². The Balaban J connectivity index is 1.64. The molecule has 0 saturated carbocycles. The average Bonchev–Trinajstić information content (AvgIpc) is 3.19. The number of carbonyl (C=O) groups is 1. The first-order chi connectivity index (χ1) is 18.8. The molecule has 3 N–H and O–H groups in total. The van der Waals surface area contributed by atoms with E-state index in [1.807, 2.05) is 36.1 Å². The van der Waals surface area contributed by atoms with Gasteiger partial charge in [-0.25, -0.2) is 0 Å². The minimum Gasteiger partial charge on any atom is -0.340 e. The van der Waals surface area contributed by atoms with Crippen LogP contribution in [-0.4, -0.2) is 65.4 Å². The van der Waals surface area contributed by atoms with Gasteiger partial charge in [0.05, 0.1) is 17.0 Å². The van der Waals surface area contributed by atoms with Crippen molar-refractivity contribution in [3.63, 3.8) is 0 Å². The molecule has 1 aromatic carbocycles. The maximum absolute atomic E-state index is 13.3. The van der Waals surface area contributed by atoms with Crippen LogP contribution in [0.15, 0.2) is 53.8 Å². The number of anilines is 1. The molecule has 1 fully saturated rings. The number of fused-ring (bicyclic) bond motifs is 1. The number of hydrogen-bond donors (Lipinski definition) is 3. The molecule has 39 heavy (non-hydrogen) atoms. The van der Waals surface area contributed by atoms with E-state index in [0.29, 0.717) is 28.8 Å². The van der Waals surface area contributed by atoms with Crippen molar-refractivity contribution in [3.8, 4) is 11.8 Å². The number of amides is 1. The number of nitrogens with zero attached hydrogens (tertiary/aromatic N) is 4. The summed E-state index contributed by atoms with van der Waals surface area (Å²) in [6.45, 7) is 6.39. The number of amidine groups is 2. The maximum atomic E-state index is 13.3. The van der Waals surface area contributed by atoms with Crippen molar-refractivity contribution in [2.45, 2.75) is 26.3 Å². The summed E-state index contributed by atoms with van der Waals surface area (Å²) in [5, 5.41) is 22.3. The Labute approximate surface area is 236 Å². The lowest BCUT2D eigenvalue weighted by atomic mass is 9.99. The number of benzene rings is 1. The van der Waals surface area contributed by atoms with E-state index in [9.17, 15) is 4.79 Å². The van der Waals surface area contributed by atoms with Crippen molar-refractivity contribution in [3.05, 3.63) is 80.9 Å². The molecule has 3 aromatic rings. The summed E-state index contributed by atoms with van der Waals surface area (Å²) in [5.41, 5.74) is 4.01. The summed E-state index contributed by atoms with van der Waals surface area (Å²) in [6.07, 6.45) is 3.48. The van der Waals surface area contributed by atoms with Crippen molar-refractivity contribution in [2.75, 3.05) is 31.1 Å². The van der Waals surface area contributed by atoms with Gasteiger partial charge in [-0.2, -0.15) is 0 Å². The fourth-order valence-electron chi connectivity index (χ4n) is 4.67. The molecule has 1 amide bonds. The van der Waals surface area contributed by atoms with Gasteiger partial charge in [0.15, 0.2) is 0 Å². The zero-order chi connectivity index (χ0) is 27.5. The van der Waals surface area contributed by atoms with Gasteiger partial charge in [-0.3, -0.25) is 30.5 Å². The molecule has 10 heteroatoms. The van der Waals surface area contributed by atoms with E-state index in [4.69, 9.17) is 27.4 Å². The first-order valence-electron chi connectivity index (χ1n) is 12.6. The minimum atomic E-state index is -0.748. The Kier molecular flexibility index (Phi) is 7.89. The van der Waals surface area contributed by atoms with E-state index < -0.39 is 6.04 Å². The lowest BCUT2D eigenvalue weighted by Crippen LogP contribution is -2.48. The summed E-state index contributed by atoms with van der Waals surface area (Å²) < 4.78 is 0. The highest BCUT2D eigenvalue weighted by atomic mass is 35.5. The van der Waals surface area contributed by atoms with Crippen LogP contribution < -0.4 is 10.2 Å². The molecule has 1 saturated heterocycles. The molecule has 4 heterocycles. The van der Waals surface area contributed by atoms with Gasteiger partial charge in [-0.15, -0.1) is 11.3 Å². The Morgan fingerprint density at radius 3 is 2.62 bits per heavy atom. The second-order valence-corrected chi connectivity index (χ2v) is 10.8. The molecule has 2 aromatic heterocycles. The van der Waals surface area contributed by atoms with Crippen LogP contribution in [0.25, 0.3) is 0 Å². The Morgan fingerprint density at radius 2 is 1.95 bits per heavy atom. The smallest absolute Gasteiger partial charge is 0.225 e. The number of pyridine rings is 1. The predicted octanol–water partition coefficient (Wildman–Crippen LogP) is 4.33. The first-order valence-corrected chi connectivity index (χ1v) is 13.8. The van der Waals surface area contributed by atoms with Crippen LogP contribution >= 0.6 is 22.9 Å². The molecule has 8 nitrogen and oxygen atoms in total. The highest BCUT2D eigenvalue weighted by molar-refractivity contribution is 7.17. The monoisotopic (exact) mass is 557 g/mol. The van der Waals surface area contributed by atoms with Crippen LogP contribution in [0.4, 0.5) is 5.00 Å². The summed E-state index contributed by atoms with van der Waals surface area (Å²) in [4.78, 5) is 26.7. The van der Waals surface area contributed by atoms with Gasteiger partial charge in [-0.05, 0) is 43.7 Å². The van der Waals surface area contributed by atoms with Crippen molar-refractivity contribution >= 4 is 51.2 Å². The van der Waals surface area contributed by atoms with Crippen LogP contribution in [0.3, 0.4) is 0 Å². The molecular weight excluding hydrogens is 530 g/mol. The van der Waals surface area contributed by atoms with Gasteiger partial charge in [0, 0.05) is 60.3 Å². The third-order valence-corrected chi connectivity index (χ3v) is 8.13. The number of thiophene rings is 1. The standard InChI is InChI=1S/C29H28ClN7OS/c1-18-24(10-5-20-4-3-11-34-17-20)39-29-26(18)27(21-6-8-22(30)9-7-21)35-23(28(32)37(29)19(2)31)16-25(38)36-14-12-33-13-15-36/h3-4,6-9,11,17,23,31-33H,12-16H2,1-2H3/t23-/m0/s1. The number of carbonyl (C=O) groups excluding carboxylic acids is 1. The van der Waals surface area contributed by atoms with E-state index in [1.54, 1.807) is 36.4 Å². The van der Waals surface area contributed by atoms with Crippen LogP contribution in [0.2, 0.25) is 5.02 Å². The Bertz CT molecular complexity index is 1510. The largest absolute Gasteiger partial charge is 0.340 e. The van der Waals surface area contributed by atoms with Gasteiger partial charge in [0.25, 0.3) is 0 Å². The van der Waals surface area contributed by atoms with Crippen LogP contribution in [0.5, 0.6) is 0 Å². The number of rotatable bonds is 3. The number of aromatic nitrogens is 1. The molecule has 2 aliphatic heterocycles. The molecule has 0 unspecified atom stereocenters. The fourth-order valence-corrected chi connectivity index (χ4v) is 6.03. The normalized spacial score (nSPS) is 17.1. The van der Waals surface area contributed by atoms with Gasteiger partial charge < -0.3 is 10.2 Å². The number of aliphatic imine (C=N–C) groups is 1. The van der Waals surface area contributed by atoms with Crippen molar-refractivity contribution in [2.24, 2.45) is 4.99 Å². The second-order valence-electron chi connectivity index (χ2n) is 9.37. The van der Waals surface area contributed by atoms with Crippen molar-refractivity contribution < 1.29 is 4.79 Å². The van der Waals surface area contributed by atoms with Crippen LogP contribution in [0, 0.1) is 29.6 Å². The topological polar surface area (TPSA) is 109 Å². The molecule has 1 atom stereocenters. The molecule has 5 rings (SSSR count). The van der Waals surface area contributed by atoms with E-state index >= 15 is 0 Å². The maximum Gasteiger partial charge on any atom is 0.225 e. The van der Waals surface area contributed by atoms with E-state index in [0.717, 1.165) is 40.2 Å². The van der Waals surface area contributed by atoms with Crippen LogP contribution in [-0.2, 0) is 4.79 Å². The van der Waals surface area contributed by atoms with Crippen LogP contribution in [0.1, 0.15) is 40.5 Å². The summed E-state index contributed by atoms with van der Waals surface area (Å²) in [5.74, 6) is 6.68. The zero-order valence-electron chi connectivity index (χ0n) is 21.7. The van der Waals surface area contributed by atoms with Gasteiger partial charge in [0.2, 0.25) is 5.91 Å². The number of nitrogens with one attached hydrogen (secondary N) is 3. The zero-order valence-corrected chi connectivity index (χ0v) is 23.3. The number of halogens is 1. The highest BCUT2D eigenvalue weighted by Crippen LogP contribution is 2.40. The summed E-state index contributed by atoms with van der Waals surface area (Å²) in [6, 6.07) is 10.4. The number of piperazine rings is 1. The third-order valence-electron chi connectivity index (χ3n) is 6.68. The molecule has 0 aliphatic carbocycles.